The number of hydrogen-bond acceptors (Lipinski definition) is 7. The van der Waals surface area contributed by atoms with Crippen LogP contribution in [-0.2, 0) is 9.47 Å². The molecule has 1 fully saturated rings. The smallest absolute Gasteiger partial charge is 0.251 e. The van der Waals surface area contributed by atoms with E-state index in [9.17, 15) is 25.2 Å². The van der Waals surface area contributed by atoms with Crippen molar-refractivity contribution < 1.29 is 34.7 Å². The standard InChI is InChI=1S/C23H29NO7/c1-12-9-14(13-5-4-6-15(10-13)23(29)24-2)7-8-16(12)21(30-3)22-20(28)19(27)18(26)17(11-25)31-22/h4-10,17-22,25-28H,11H2,1-3H3,(H,24,29)/t17-,18-,19+,20+,21-,22+/m1/s1. The molecule has 0 aliphatic carbocycles. The zero-order valence-corrected chi connectivity index (χ0v) is 17.7. The van der Waals surface area contributed by atoms with Gasteiger partial charge in [0.2, 0.25) is 0 Å². The number of aryl methyl sites for hydroxylation is 1. The maximum absolute atomic E-state index is 11.9. The second-order valence-electron chi connectivity index (χ2n) is 7.68. The highest BCUT2D eigenvalue weighted by Gasteiger charge is 2.47. The summed E-state index contributed by atoms with van der Waals surface area (Å²) in [7, 11) is 3.05. The molecule has 31 heavy (non-hydrogen) atoms. The molecule has 1 aliphatic rings. The Balaban J connectivity index is 1.92. The Bertz CT molecular complexity index is 917. The fraction of sp³-hybridized carbons (Fsp3) is 0.435. The van der Waals surface area contributed by atoms with E-state index in [1.807, 2.05) is 37.3 Å². The molecule has 1 heterocycles. The van der Waals surface area contributed by atoms with Crippen LogP contribution in [0.25, 0.3) is 11.1 Å². The van der Waals surface area contributed by atoms with Crippen LogP contribution < -0.4 is 5.32 Å². The maximum Gasteiger partial charge on any atom is 0.251 e. The number of benzene rings is 2. The van der Waals surface area contributed by atoms with E-state index in [-0.39, 0.29) is 5.91 Å². The Labute approximate surface area is 181 Å². The lowest BCUT2D eigenvalue weighted by atomic mass is 9.87. The molecular formula is C23H29NO7. The van der Waals surface area contributed by atoms with E-state index in [0.717, 1.165) is 22.3 Å². The third-order valence-electron chi connectivity index (χ3n) is 5.74. The van der Waals surface area contributed by atoms with Gasteiger partial charge in [-0.2, -0.15) is 0 Å². The van der Waals surface area contributed by atoms with Gasteiger partial charge in [0.1, 0.15) is 36.6 Å². The normalized spacial score (nSPS) is 27.0. The van der Waals surface area contributed by atoms with Crippen molar-refractivity contribution in [2.24, 2.45) is 0 Å². The molecule has 0 saturated carbocycles. The van der Waals surface area contributed by atoms with Crippen molar-refractivity contribution in [1.82, 2.24) is 5.32 Å². The topological polar surface area (TPSA) is 128 Å². The van der Waals surface area contributed by atoms with Crippen molar-refractivity contribution in [3.8, 4) is 11.1 Å². The molecular weight excluding hydrogens is 402 g/mol. The van der Waals surface area contributed by atoms with Crippen molar-refractivity contribution in [1.29, 1.82) is 0 Å². The molecule has 6 atom stereocenters. The van der Waals surface area contributed by atoms with Gasteiger partial charge in [-0.15, -0.1) is 0 Å². The maximum atomic E-state index is 11.9. The molecule has 3 rings (SSSR count). The Morgan fingerprint density at radius 2 is 1.81 bits per heavy atom. The third-order valence-corrected chi connectivity index (χ3v) is 5.74. The number of ether oxygens (including phenoxy) is 2. The molecule has 2 aromatic rings. The second-order valence-corrected chi connectivity index (χ2v) is 7.68. The van der Waals surface area contributed by atoms with Gasteiger partial charge in [-0.1, -0.05) is 30.3 Å². The van der Waals surface area contributed by atoms with Crippen molar-refractivity contribution in [2.75, 3.05) is 20.8 Å². The quantitative estimate of drug-likeness (QED) is 0.452. The van der Waals surface area contributed by atoms with E-state index in [1.54, 1.807) is 19.2 Å². The van der Waals surface area contributed by atoms with Crippen molar-refractivity contribution in [2.45, 2.75) is 43.5 Å². The fourth-order valence-corrected chi connectivity index (χ4v) is 3.98. The highest BCUT2D eigenvalue weighted by Crippen LogP contribution is 2.35. The van der Waals surface area contributed by atoms with Crippen LogP contribution in [0.4, 0.5) is 0 Å². The first kappa shape index (κ1) is 23.3. The lowest BCUT2D eigenvalue weighted by Crippen LogP contribution is -2.60. The van der Waals surface area contributed by atoms with Gasteiger partial charge < -0.3 is 35.2 Å². The minimum absolute atomic E-state index is 0.169. The average molecular weight is 431 g/mol. The predicted molar refractivity (Wildman–Crippen MR) is 114 cm³/mol. The number of methoxy groups -OCH3 is 1. The van der Waals surface area contributed by atoms with E-state index in [0.29, 0.717) is 5.56 Å². The van der Waals surface area contributed by atoms with Crippen molar-refractivity contribution >= 4 is 5.91 Å². The largest absolute Gasteiger partial charge is 0.394 e. The van der Waals surface area contributed by atoms with Gasteiger partial charge in [-0.3, -0.25) is 4.79 Å². The monoisotopic (exact) mass is 431 g/mol. The minimum Gasteiger partial charge on any atom is -0.394 e. The third kappa shape index (κ3) is 4.64. The number of rotatable bonds is 6. The molecule has 0 unspecified atom stereocenters. The van der Waals surface area contributed by atoms with Crippen LogP contribution >= 0.6 is 0 Å². The first-order valence-corrected chi connectivity index (χ1v) is 10.1. The predicted octanol–water partition coefficient (Wildman–Crippen LogP) is 0.552. The van der Waals surface area contributed by atoms with E-state index < -0.39 is 43.2 Å². The summed E-state index contributed by atoms with van der Waals surface area (Å²) in [4.78, 5) is 11.9. The highest BCUT2D eigenvalue weighted by atomic mass is 16.6. The first-order valence-electron chi connectivity index (χ1n) is 10.1. The summed E-state index contributed by atoms with van der Waals surface area (Å²) in [5.41, 5.74) is 3.91. The van der Waals surface area contributed by atoms with Gasteiger partial charge >= 0.3 is 0 Å². The number of aliphatic hydroxyl groups excluding tert-OH is 4. The summed E-state index contributed by atoms with van der Waals surface area (Å²) in [6, 6.07) is 12.9. The number of nitrogens with one attached hydrogen (secondary N) is 1. The molecule has 8 nitrogen and oxygen atoms in total. The Kier molecular flexibility index (Phi) is 7.42. The summed E-state index contributed by atoms with van der Waals surface area (Å²) >= 11 is 0. The van der Waals surface area contributed by atoms with Crippen LogP contribution in [0.15, 0.2) is 42.5 Å². The second kappa shape index (κ2) is 9.86. The summed E-state index contributed by atoms with van der Waals surface area (Å²) < 4.78 is 11.3. The summed E-state index contributed by atoms with van der Waals surface area (Å²) in [6.07, 6.45) is -7.02. The molecule has 8 heteroatoms. The zero-order chi connectivity index (χ0) is 22.7. The van der Waals surface area contributed by atoms with Gasteiger partial charge in [0.05, 0.1) is 6.61 Å². The SMILES string of the molecule is CNC(=O)c1cccc(-c2ccc([C@@H](OC)[C@H]3O[C@H](CO)[C@@H](O)[C@H](O)[C@@H]3O)c(C)c2)c1. The van der Waals surface area contributed by atoms with Gasteiger partial charge in [0.25, 0.3) is 5.91 Å². The lowest BCUT2D eigenvalue weighted by Gasteiger charge is -2.43. The number of carbonyl (C=O) groups is 1. The molecule has 168 valence electrons. The summed E-state index contributed by atoms with van der Waals surface area (Å²) in [5.74, 6) is -0.169. The zero-order valence-electron chi connectivity index (χ0n) is 17.7. The summed E-state index contributed by atoms with van der Waals surface area (Å²) in [6.45, 7) is 1.38. The fourth-order valence-electron chi connectivity index (χ4n) is 3.98. The Hall–Kier alpha value is -2.33. The van der Waals surface area contributed by atoms with Crippen LogP contribution in [0, 0.1) is 6.92 Å². The van der Waals surface area contributed by atoms with Gasteiger partial charge in [0, 0.05) is 19.7 Å². The van der Waals surface area contributed by atoms with Crippen LogP contribution in [0.5, 0.6) is 0 Å². The molecule has 0 bridgehead atoms. The van der Waals surface area contributed by atoms with E-state index in [2.05, 4.69) is 5.32 Å². The first-order chi connectivity index (χ1) is 14.8. The van der Waals surface area contributed by atoms with Crippen LogP contribution in [0.2, 0.25) is 0 Å². The molecule has 0 spiro atoms. The number of carbonyl (C=O) groups excluding carboxylic acids is 1. The van der Waals surface area contributed by atoms with Crippen molar-refractivity contribution in [3.05, 3.63) is 59.2 Å². The van der Waals surface area contributed by atoms with Gasteiger partial charge in [0.15, 0.2) is 0 Å². The van der Waals surface area contributed by atoms with Crippen LogP contribution in [0.1, 0.15) is 27.6 Å². The summed E-state index contributed by atoms with van der Waals surface area (Å²) in [5, 5.41) is 42.7. The average Bonchev–Trinajstić information content (AvgIpc) is 2.79. The van der Waals surface area contributed by atoms with Crippen molar-refractivity contribution in [3.63, 3.8) is 0 Å². The van der Waals surface area contributed by atoms with Crippen LogP contribution in [0.3, 0.4) is 0 Å². The highest BCUT2D eigenvalue weighted by molar-refractivity contribution is 5.95. The van der Waals surface area contributed by atoms with Crippen LogP contribution in [-0.4, -0.2) is 77.6 Å². The van der Waals surface area contributed by atoms with E-state index >= 15 is 0 Å². The lowest BCUT2D eigenvalue weighted by molar-refractivity contribution is -0.253. The molecule has 1 saturated heterocycles. The van der Waals surface area contributed by atoms with E-state index in [4.69, 9.17) is 9.47 Å². The minimum atomic E-state index is -1.47. The number of hydrogen-bond donors (Lipinski definition) is 5. The Morgan fingerprint density at radius 1 is 1.10 bits per heavy atom. The molecule has 0 radical (unpaired) electrons. The number of aliphatic hydroxyl groups is 4. The molecule has 0 aromatic heterocycles. The molecule has 5 N–H and O–H groups in total. The number of amides is 1. The van der Waals surface area contributed by atoms with E-state index in [1.165, 1.54) is 7.11 Å². The van der Waals surface area contributed by atoms with Gasteiger partial charge in [-0.05, 0) is 41.3 Å². The Morgan fingerprint density at radius 3 is 2.42 bits per heavy atom. The molecule has 2 aromatic carbocycles. The van der Waals surface area contributed by atoms with Gasteiger partial charge in [-0.25, -0.2) is 0 Å². The molecule has 1 amide bonds. The molecule has 1 aliphatic heterocycles.